The fourth-order valence-electron chi connectivity index (χ4n) is 1.36. The normalized spacial score (nSPS) is 12.6. The van der Waals surface area contributed by atoms with Gasteiger partial charge in [-0.25, -0.2) is 4.98 Å². The molecule has 1 unspecified atom stereocenters. The third-order valence-electron chi connectivity index (χ3n) is 2.87. The predicted octanol–water partition coefficient (Wildman–Crippen LogP) is 3.28. The van der Waals surface area contributed by atoms with E-state index in [1.165, 1.54) is 0 Å². The van der Waals surface area contributed by atoms with Crippen LogP contribution in [0.2, 0.25) is 0 Å². The number of hydrogen-bond acceptors (Lipinski definition) is 4. The standard InChI is InChI=1S/C14H25N3O/c1-6-8-15-13-9-14(17-12(7-2)16-13)18-11(5)10(3)4/h9-11H,6-8H2,1-5H3,(H,15,16,17). The van der Waals surface area contributed by atoms with Crippen LogP contribution in [0, 0.1) is 5.92 Å². The van der Waals surface area contributed by atoms with E-state index in [1.54, 1.807) is 0 Å². The SMILES string of the molecule is CCCNc1cc(OC(C)C(C)C)nc(CC)n1. The van der Waals surface area contributed by atoms with E-state index < -0.39 is 0 Å². The summed E-state index contributed by atoms with van der Waals surface area (Å²) in [5.41, 5.74) is 0. The van der Waals surface area contributed by atoms with Gasteiger partial charge in [0.15, 0.2) is 0 Å². The van der Waals surface area contributed by atoms with Crippen LogP contribution in [0.1, 0.15) is 46.9 Å². The molecule has 0 saturated carbocycles. The monoisotopic (exact) mass is 251 g/mol. The number of anilines is 1. The second-order valence-electron chi connectivity index (χ2n) is 4.85. The van der Waals surface area contributed by atoms with Gasteiger partial charge in [-0.3, -0.25) is 0 Å². The van der Waals surface area contributed by atoms with Gasteiger partial charge in [-0.15, -0.1) is 0 Å². The van der Waals surface area contributed by atoms with Crippen LogP contribution in [0.5, 0.6) is 5.88 Å². The summed E-state index contributed by atoms with van der Waals surface area (Å²) in [6, 6.07) is 1.88. The molecule has 0 aliphatic carbocycles. The number of hydrogen-bond donors (Lipinski definition) is 1. The highest BCUT2D eigenvalue weighted by Crippen LogP contribution is 2.17. The van der Waals surface area contributed by atoms with E-state index in [1.807, 2.05) is 6.07 Å². The van der Waals surface area contributed by atoms with Crippen molar-refractivity contribution in [3.63, 3.8) is 0 Å². The van der Waals surface area contributed by atoms with E-state index in [-0.39, 0.29) is 6.10 Å². The van der Waals surface area contributed by atoms with Gasteiger partial charge in [0, 0.05) is 19.0 Å². The molecule has 0 saturated heterocycles. The lowest BCUT2D eigenvalue weighted by molar-refractivity contribution is 0.163. The highest BCUT2D eigenvalue weighted by molar-refractivity contribution is 5.38. The number of ether oxygens (including phenoxy) is 1. The molecule has 0 radical (unpaired) electrons. The third-order valence-corrected chi connectivity index (χ3v) is 2.87. The van der Waals surface area contributed by atoms with Gasteiger partial charge < -0.3 is 10.1 Å². The van der Waals surface area contributed by atoms with Crippen molar-refractivity contribution in [2.24, 2.45) is 5.92 Å². The number of nitrogens with zero attached hydrogens (tertiary/aromatic N) is 2. The number of rotatable bonds is 7. The fraction of sp³-hybridized carbons (Fsp3) is 0.714. The molecular formula is C14H25N3O. The van der Waals surface area contributed by atoms with E-state index in [9.17, 15) is 0 Å². The molecule has 0 amide bonds. The Morgan fingerprint density at radius 2 is 1.94 bits per heavy atom. The largest absolute Gasteiger partial charge is 0.474 e. The molecule has 18 heavy (non-hydrogen) atoms. The van der Waals surface area contributed by atoms with Crippen molar-refractivity contribution in [2.75, 3.05) is 11.9 Å². The minimum Gasteiger partial charge on any atom is -0.474 e. The molecule has 0 aliphatic rings. The Kier molecular flexibility index (Phi) is 5.89. The first kappa shape index (κ1) is 14.7. The van der Waals surface area contributed by atoms with Crippen molar-refractivity contribution >= 4 is 5.82 Å². The fourth-order valence-corrected chi connectivity index (χ4v) is 1.36. The highest BCUT2D eigenvalue weighted by atomic mass is 16.5. The van der Waals surface area contributed by atoms with Gasteiger partial charge in [0.2, 0.25) is 5.88 Å². The molecule has 4 nitrogen and oxygen atoms in total. The Morgan fingerprint density at radius 1 is 1.22 bits per heavy atom. The van der Waals surface area contributed by atoms with Gasteiger partial charge in [0.1, 0.15) is 11.6 Å². The molecule has 1 heterocycles. The molecule has 0 spiro atoms. The van der Waals surface area contributed by atoms with E-state index in [0.717, 1.165) is 31.0 Å². The average Bonchev–Trinajstić information content (AvgIpc) is 2.35. The van der Waals surface area contributed by atoms with Gasteiger partial charge in [0.25, 0.3) is 0 Å². The summed E-state index contributed by atoms with van der Waals surface area (Å²) in [6.45, 7) is 11.4. The highest BCUT2D eigenvalue weighted by Gasteiger charge is 2.11. The zero-order chi connectivity index (χ0) is 13.5. The van der Waals surface area contributed by atoms with Crippen LogP contribution in [0.4, 0.5) is 5.82 Å². The lowest BCUT2D eigenvalue weighted by Crippen LogP contribution is -2.20. The second kappa shape index (κ2) is 7.19. The van der Waals surface area contributed by atoms with E-state index in [2.05, 4.69) is 49.9 Å². The first-order chi connectivity index (χ1) is 8.56. The molecule has 1 N–H and O–H groups in total. The van der Waals surface area contributed by atoms with Crippen molar-refractivity contribution < 1.29 is 4.74 Å². The Bertz CT molecular complexity index is 366. The summed E-state index contributed by atoms with van der Waals surface area (Å²) in [5, 5.41) is 3.28. The molecule has 1 aromatic heterocycles. The summed E-state index contributed by atoms with van der Waals surface area (Å²) < 4.78 is 5.85. The molecular weight excluding hydrogens is 226 g/mol. The van der Waals surface area contributed by atoms with Crippen LogP contribution in [0.25, 0.3) is 0 Å². The molecule has 0 aliphatic heterocycles. The Labute approximate surface area is 110 Å². The Morgan fingerprint density at radius 3 is 2.50 bits per heavy atom. The van der Waals surface area contributed by atoms with Gasteiger partial charge >= 0.3 is 0 Å². The van der Waals surface area contributed by atoms with Gasteiger partial charge in [-0.2, -0.15) is 4.98 Å². The summed E-state index contributed by atoms with van der Waals surface area (Å²) in [6.07, 6.45) is 2.04. The first-order valence-corrected chi connectivity index (χ1v) is 6.85. The van der Waals surface area contributed by atoms with Gasteiger partial charge in [-0.05, 0) is 19.3 Å². The van der Waals surface area contributed by atoms with E-state index in [0.29, 0.717) is 11.8 Å². The van der Waals surface area contributed by atoms with E-state index in [4.69, 9.17) is 4.74 Å². The summed E-state index contributed by atoms with van der Waals surface area (Å²) in [4.78, 5) is 8.85. The van der Waals surface area contributed by atoms with Crippen molar-refractivity contribution in [3.05, 3.63) is 11.9 Å². The number of aromatic nitrogens is 2. The van der Waals surface area contributed by atoms with Gasteiger partial charge in [0.05, 0.1) is 6.10 Å². The molecule has 102 valence electrons. The number of nitrogens with one attached hydrogen (secondary N) is 1. The summed E-state index contributed by atoms with van der Waals surface area (Å²) >= 11 is 0. The van der Waals surface area contributed by atoms with Crippen LogP contribution >= 0.6 is 0 Å². The molecule has 0 fully saturated rings. The summed E-state index contributed by atoms with van der Waals surface area (Å²) in [7, 11) is 0. The van der Waals surface area contributed by atoms with Gasteiger partial charge in [-0.1, -0.05) is 27.7 Å². The molecule has 0 aromatic carbocycles. The number of aryl methyl sites for hydroxylation is 1. The lowest BCUT2D eigenvalue weighted by Gasteiger charge is -2.18. The minimum absolute atomic E-state index is 0.156. The van der Waals surface area contributed by atoms with E-state index >= 15 is 0 Å². The quantitative estimate of drug-likeness (QED) is 0.808. The van der Waals surface area contributed by atoms with Crippen LogP contribution in [-0.2, 0) is 6.42 Å². The minimum atomic E-state index is 0.156. The molecule has 4 heteroatoms. The Hall–Kier alpha value is -1.32. The topological polar surface area (TPSA) is 47.0 Å². The van der Waals surface area contributed by atoms with Crippen molar-refractivity contribution in [3.8, 4) is 5.88 Å². The molecule has 1 atom stereocenters. The van der Waals surface area contributed by atoms with Crippen molar-refractivity contribution in [2.45, 2.75) is 53.6 Å². The van der Waals surface area contributed by atoms with Crippen LogP contribution in [0.3, 0.4) is 0 Å². The maximum Gasteiger partial charge on any atom is 0.218 e. The first-order valence-electron chi connectivity index (χ1n) is 6.85. The maximum atomic E-state index is 5.85. The van der Waals surface area contributed by atoms with Crippen LogP contribution in [-0.4, -0.2) is 22.6 Å². The van der Waals surface area contributed by atoms with Crippen LogP contribution < -0.4 is 10.1 Å². The van der Waals surface area contributed by atoms with Crippen LogP contribution in [0.15, 0.2) is 6.07 Å². The van der Waals surface area contributed by atoms with Crippen molar-refractivity contribution in [1.82, 2.24) is 9.97 Å². The average molecular weight is 251 g/mol. The molecule has 0 bridgehead atoms. The summed E-state index contributed by atoms with van der Waals surface area (Å²) in [5.74, 6) is 2.82. The maximum absolute atomic E-state index is 5.85. The lowest BCUT2D eigenvalue weighted by atomic mass is 10.1. The second-order valence-corrected chi connectivity index (χ2v) is 4.85. The molecule has 1 rings (SSSR count). The zero-order valence-electron chi connectivity index (χ0n) is 12.2. The Balaban J connectivity index is 2.82. The van der Waals surface area contributed by atoms with Crippen molar-refractivity contribution in [1.29, 1.82) is 0 Å². The molecule has 1 aromatic rings. The zero-order valence-corrected chi connectivity index (χ0v) is 12.2. The third kappa shape index (κ3) is 4.51. The smallest absolute Gasteiger partial charge is 0.218 e. The predicted molar refractivity (Wildman–Crippen MR) is 75.1 cm³/mol.